The molecule has 2 atom stereocenters. The second-order valence-corrected chi connectivity index (χ2v) is 7.41. The number of hydrogen-bond acceptors (Lipinski definition) is 3. The first-order valence-electron chi connectivity index (χ1n) is 8.74. The summed E-state index contributed by atoms with van der Waals surface area (Å²) in [6.07, 6.45) is 2.15. The molecule has 2 unspecified atom stereocenters. The van der Waals surface area contributed by atoms with Crippen LogP contribution in [0.4, 0.5) is 5.82 Å². The van der Waals surface area contributed by atoms with Crippen molar-refractivity contribution < 1.29 is 4.74 Å². The van der Waals surface area contributed by atoms with Crippen molar-refractivity contribution in [2.45, 2.75) is 59.3 Å². The van der Waals surface area contributed by atoms with Gasteiger partial charge < -0.3 is 10.5 Å². The number of aromatic nitrogens is 2. The molecule has 0 bridgehead atoms. The van der Waals surface area contributed by atoms with Gasteiger partial charge in [-0.1, -0.05) is 27.7 Å². The molecule has 0 radical (unpaired) electrons. The molecule has 0 amide bonds. The second-order valence-electron chi connectivity index (χ2n) is 6.33. The van der Waals surface area contributed by atoms with Crippen LogP contribution in [0.15, 0.2) is 12.1 Å². The number of rotatable bonds is 7. The third-order valence-electron chi connectivity index (χ3n) is 4.74. The predicted octanol–water partition coefficient (Wildman–Crippen LogP) is 5.69. The summed E-state index contributed by atoms with van der Waals surface area (Å²) in [7, 11) is 0. The van der Waals surface area contributed by atoms with E-state index in [2.05, 4.69) is 72.6 Å². The van der Waals surface area contributed by atoms with E-state index in [0.29, 0.717) is 24.3 Å². The van der Waals surface area contributed by atoms with Crippen LogP contribution < -0.4 is 10.5 Å². The van der Waals surface area contributed by atoms with Crippen LogP contribution in [0.3, 0.4) is 0 Å². The third-order valence-corrected chi connectivity index (χ3v) is 5.83. The van der Waals surface area contributed by atoms with Crippen molar-refractivity contribution in [3.8, 4) is 17.0 Å². The molecule has 0 aliphatic carbocycles. The van der Waals surface area contributed by atoms with Gasteiger partial charge >= 0.3 is 0 Å². The minimum absolute atomic E-state index is 0.437. The number of nitrogens with zero attached hydrogens (tertiary/aromatic N) is 1. The Bertz CT molecular complexity index is 665. The lowest BCUT2D eigenvalue weighted by Crippen LogP contribution is -2.06. The van der Waals surface area contributed by atoms with Crippen molar-refractivity contribution >= 4 is 28.4 Å². The maximum atomic E-state index is 6.09. The normalized spacial score (nSPS) is 13.8. The summed E-state index contributed by atoms with van der Waals surface area (Å²) in [5.41, 5.74) is 10.6. The predicted molar refractivity (Wildman–Crippen MR) is 110 cm³/mol. The Labute approximate surface area is 158 Å². The Kier molecular flexibility index (Phi) is 6.54. The fourth-order valence-corrected chi connectivity index (χ4v) is 3.39. The number of nitrogen functional groups attached to an aromatic ring is 1. The highest BCUT2D eigenvalue weighted by Crippen LogP contribution is 2.41. The summed E-state index contributed by atoms with van der Waals surface area (Å²) in [6.45, 7) is 11.7. The van der Waals surface area contributed by atoms with Gasteiger partial charge in [-0.2, -0.15) is 5.10 Å². The maximum absolute atomic E-state index is 6.09. The lowest BCUT2D eigenvalue weighted by molar-refractivity contribution is 0.328. The van der Waals surface area contributed by atoms with Crippen molar-refractivity contribution in [1.82, 2.24) is 10.2 Å². The Hall–Kier alpha value is -1.24. The van der Waals surface area contributed by atoms with Crippen LogP contribution in [0.1, 0.15) is 70.4 Å². The van der Waals surface area contributed by atoms with Gasteiger partial charge in [-0.05, 0) is 77.5 Å². The number of ether oxygens (including phenoxy) is 1. The van der Waals surface area contributed by atoms with Gasteiger partial charge in [0.25, 0.3) is 0 Å². The lowest BCUT2D eigenvalue weighted by Gasteiger charge is -2.23. The number of halogens is 1. The number of nitrogens with two attached hydrogens (primary N) is 1. The van der Waals surface area contributed by atoms with E-state index in [0.717, 1.165) is 33.4 Å². The molecule has 0 saturated carbocycles. The fourth-order valence-electron chi connectivity index (χ4n) is 2.84. The van der Waals surface area contributed by atoms with Crippen molar-refractivity contribution in [2.24, 2.45) is 0 Å². The quantitative estimate of drug-likeness (QED) is 0.543. The highest BCUT2D eigenvalue weighted by Gasteiger charge is 2.21. The summed E-state index contributed by atoms with van der Waals surface area (Å²) >= 11 is 2.26. The summed E-state index contributed by atoms with van der Waals surface area (Å²) in [4.78, 5) is 0. The largest absolute Gasteiger partial charge is 0.493 e. The standard InChI is InChI=1S/C19H28IN3O/c1-6-11(4)14-9-13(17-16(20)19(21)23-22-17)10-15(12(5)7-2)18(14)24-8-3/h9-12H,6-8H2,1-5H3,(H3,21,22,23). The average molecular weight is 441 g/mol. The van der Waals surface area contributed by atoms with Crippen LogP contribution in [-0.2, 0) is 0 Å². The van der Waals surface area contributed by atoms with E-state index in [1.54, 1.807) is 0 Å². The van der Waals surface area contributed by atoms with Crippen molar-refractivity contribution in [1.29, 1.82) is 0 Å². The number of anilines is 1. The highest BCUT2D eigenvalue weighted by atomic mass is 127. The number of H-pyrrole nitrogens is 1. The molecule has 5 heteroatoms. The van der Waals surface area contributed by atoms with Crippen LogP contribution in [0, 0.1) is 3.57 Å². The first-order chi connectivity index (χ1) is 11.4. The van der Waals surface area contributed by atoms with Gasteiger partial charge in [-0.25, -0.2) is 0 Å². The van der Waals surface area contributed by atoms with E-state index < -0.39 is 0 Å². The molecule has 1 aromatic heterocycles. The molecular formula is C19H28IN3O. The Morgan fingerprint density at radius 2 is 1.67 bits per heavy atom. The van der Waals surface area contributed by atoms with Gasteiger partial charge in [0.05, 0.1) is 15.9 Å². The van der Waals surface area contributed by atoms with Crippen LogP contribution in [-0.4, -0.2) is 16.8 Å². The van der Waals surface area contributed by atoms with Crippen LogP contribution in [0.5, 0.6) is 5.75 Å². The van der Waals surface area contributed by atoms with Gasteiger partial charge in [0.2, 0.25) is 0 Å². The van der Waals surface area contributed by atoms with E-state index in [1.807, 2.05) is 6.92 Å². The number of nitrogens with one attached hydrogen (secondary N) is 1. The monoisotopic (exact) mass is 441 g/mol. The second kappa shape index (κ2) is 8.23. The third kappa shape index (κ3) is 3.71. The van der Waals surface area contributed by atoms with E-state index >= 15 is 0 Å². The fraction of sp³-hybridized carbons (Fsp3) is 0.526. The minimum Gasteiger partial charge on any atom is -0.493 e. The number of hydrogen-bond donors (Lipinski definition) is 2. The van der Waals surface area contributed by atoms with Crippen LogP contribution >= 0.6 is 22.6 Å². The van der Waals surface area contributed by atoms with E-state index in [4.69, 9.17) is 10.5 Å². The summed E-state index contributed by atoms with van der Waals surface area (Å²) in [6, 6.07) is 4.47. The summed E-state index contributed by atoms with van der Waals surface area (Å²) < 4.78 is 7.06. The topological polar surface area (TPSA) is 63.9 Å². The molecular weight excluding hydrogens is 413 g/mol. The molecule has 132 valence electrons. The van der Waals surface area contributed by atoms with Gasteiger partial charge in [-0.15, -0.1) is 0 Å². The molecule has 24 heavy (non-hydrogen) atoms. The zero-order valence-electron chi connectivity index (χ0n) is 15.2. The molecule has 4 nitrogen and oxygen atoms in total. The highest BCUT2D eigenvalue weighted by molar-refractivity contribution is 14.1. The van der Waals surface area contributed by atoms with Crippen molar-refractivity contribution in [2.75, 3.05) is 12.3 Å². The smallest absolute Gasteiger partial charge is 0.159 e. The van der Waals surface area contributed by atoms with E-state index in [9.17, 15) is 0 Å². The van der Waals surface area contributed by atoms with Crippen LogP contribution in [0.2, 0.25) is 0 Å². The van der Waals surface area contributed by atoms with Crippen LogP contribution in [0.25, 0.3) is 11.3 Å². The van der Waals surface area contributed by atoms with Gasteiger partial charge in [0, 0.05) is 5.56 Å². The van der Waals surface area contributed by atoms with Gasteiger partial charge in [-0.3, -0.25) is 5.10 Å². The summed E-state index contributed by atoms with van der Waals surface area (Å²) in [5.74, 6) is 2.49. The number of aromatic amines is 1. The maximum Gasteiger partial charge on any atom is 0.159 e. The first kappa shape index (κ1) is 19.1. The SMILES string of the molecule is CCOc1c(C(C)CC)cc(-c2[nH]nc(N)c2I)cc1C(C)CC. The zero-order chi connectivity index (χ0) is 17.9. The molecule has 0 fully saturated rings. The molecule has 0 aliphatic heterocycles. The molecule has 0 saturated heterocycles. The van der Waals surface area contributed by atoms with Gasteiger partial charge in [0.1, 0.15) is 5.75 Å². The van der Waals surface area contributed by atoms with Gasteiger partial charge in [0.15, 0.2) is 5.82 Å². The summed E-state index contributed by atoms with van der Waals surface area (Å²) in [5, 5.41) is 7.24. The molecule has 0 spiro atoms. The Balaban J connectivity index is 2.71. The molecule has 1 aromatic carbocycles. The van der Waals surface area contributed by atoms with Crippen molar-refractivity contribution in [3.63, 3.8) is 0 Å². The molecule has 2 aromatic rings. The minimum atomic E-state index is 0.437. The van der Waals surface area contributed by atoms with E-state index in [1.165, 1.54) is 11.1 Å². The van der Waals surface area contributed by atoms with Crippen molar-refractivity contribution in [3.05, 3.63) is 26.8 Å². The molecule has 3 N–H and O–H groups in total. The molecule has 0 aliphatic rings. The Morgan fingerprint density at radius 1 is 1.12 bits per heavy atom. The molecule has 1 heterocycles. The van der Waals surface area contributed by atoms with E-state index in [-0.39, 0.29) is 0 Å². The number of benzene rings is 1. The lowest BCUT2D eigenvalue weighted by atomic mass is 9.87. The Morgan fingerprint density at radius 3 is 2.04 bits per heavy atom. The molecule has 2 rings (SSSR count). The average Bonchev–Trinajstić information content (AvgIpc) is 2.93. The zero-order valence-corrected chi connectivity index (χ0v) is 17.4. The first-order valence-corrected chi connectivity index (χ1v) is 9.82.